The summed E-state index contributed by atoms with van der Waals surface area (Å²) < 4.78 is 108. The molecule has 0 fully saturated rings. The zero-order valence-corrected chi connectivity index (χ0v) is 14.4. The first-order valence-corrected chi connectivity index (χ1v) is 8.87. The molecule has 3 aromatic rings. The van der Waals surface area contributed by atoms with Gasteiger partial charge in [-0.25, -0.2) is 0 Å². The highest BCUT2D eigenvalue weighted by Gasteiger charge is 2.41. The average Bonchev–Trinajstić information content (AvgIpc) is 2.60. The number of para-hydroxylation sites is 1. The minimum Gasteiger partial charge on any atom is -0.377 e. The second kappa shape index (κ2) is 6.66. The fourth-order valence-corrected chi connectivity index (χ4v) is 3.59. The fraction of sp³-hybridized carbons (Fsp3) is 0.118. The molecule has 0 unspecified atom stereocenters. The van der Waals surface area contributed by atoms with Gasteiger partial charge in [-0.3, -0.25) is 4.98 Å². The number of fused-ring (bicyclic) bond motifs is 1. The predicted molar refractivity (Wildman–Crippen MR) is 86.0 cm³/mol. The van der Waals surface area contributed by atoms with E-state index in [1.54, 1.807) is 18.2 Å². The van der Waals surface area contributed by atoms with Gasteiger partial charge in [-0.1, -0.05) is 18.2 Å². The topological polar surface area (TPSA) is 56.3 Å². The molecule has 0 saturated carbocycles. The maximum atomic E-state index is 13.2. The molecular weight excluding hydrogens is 412 g/mol. The van der Waals surface area contributed by atoms with E-state index in [-0.39, 0.29) is 29.5 Å². The molecule has 0 aliphatic rings. The standard InChI is InChI=1S/C17H9F6NO3S/c18-16(19,20)11-6-7-14(12(9-11)17(21,22)23)28(25,26)27-13-5-1-3-10-4-2-8-24-15(10)13/h1-9H. The summed E-state index contributed by atoms with van der Waals surface area (Å²) in [4.78, 5) is 2.49. The van der Waals surface area contributed by atoms with Crippen LogP contribution in [0, 0.1) is 0 Å². The third kappa shape index (κ3) is 3.88. The molecule has 0 aliphatic heterocycles. The Kier molecular flexibility index (Phi) is 4.74. The highest BCUT2D eigenvalue weighted by Crippen LogP contribution is 2.39. The van der Waals surface area contributed by atoms with E-state index in [9.17, 15) is 34.8 Å². The number of hydrogen-bond acceptors (Lipinski definition) is 4. The monoisotopic (exact) mass is 421 g/mol. The Labute approximate surface area is 154 Å². The summed E-state index contributed by atoms with van der Waals surface area (Å²) >= 11 is 0. The van der Waals surface area contributed by atoms with Gasteiger partial charge >= 0.3 is 22.5 Å². The highest BCUT2D eigenvalue weighted by molar-refractivity contribution is 7.87. The first-order chi connectivity index (χ1) is 12.9. The lowest BCUT2D eigenvalue weighted by Gasteiger charge is -2.16. The van der Waals surface area contributed by atoms with Crippen LogP contribution in [-0.4, -0.2) is 13.4 Å². The van der Waals surface area contributed by atoms with E-state index in [2.05, 4.69) is 4.98 Å². The summed E-state index contributed by atoms with van der Waals surface area (Å²) in [5.41, 5.74) is -3.55. The quantitative estimate of drug-likeness (QED) is 0.439. The third-order valence-corrected chi connectivity index (χ3v) is 4.97. The van der Waals surface area contributed by atoms with Crippen molar-refractivity contribution in [1.29, 1.82) is 0 Å². The van der Waals surface area contributed by atoms with Crippen LogP contribution in [0.2, 0.25) is 0 Å². The second-order valence-corrected chi connectivity index (χ2v) is 7.09. The zero-order chi connectivity index (χ0) is 20.7. The smallest absolute Gasteiger partial charge is 0.377 e. The number of pyridine rings is 1. The van der Waals surface area contributed by atoms with Crippen molar-refractivity contribution in [3.8, 4) is 5.75 Å². The van der Waals surface area contributed by atoms with Gasteiger partial charge in [-0.2, -0.15) is 34.8 Å². The Bertz CT molecular complexity index is 1130. The largest absolute Gasteiger partial charge is 0.417 e. The molecule has 0 amide bonds. The molecular formula is C17H9F6NO3S. The first kappa shape index (κ1) is 19.9. The van der Waals surface area contributed by atoms with Crippen LogP contribution in [0.25, 0.3) is 10.9 Å². The SMILES string of the molecule is O=S(=O)(Oc1cccc2cccnc12)c1ccc(C(F)(F)F)cc1C(F)(F)F. The van der Waals surface area contributed by atoms with E-state index in [4.69, 9.17) is 4.18 Å². The van der Waals surface area contributed by atoms with Crippen LogP contribution < -0.4 is 4.18 Å². The van der Waals surface area contributed by atoms with Crippen molar-refractivity contribution in [2.75, 3.05) is 0 Å². The van der Waals surface area contributed by atoms with Gasteiger partial charge in [0.05, 0.1) is 11.1 Å². The van der Waals surface area contributed by atoms with Crippen LogP contribution in [0.5, 0.6) is 5.75 Å². The molecule has 11 heteroatoms. The summed E-state index contributed by atoms with van der Waals surface area (Å²) in [5.74, 6) is -0.355. The first-order valence-electron chi connectivity index (χ1n) is 7.46. The minimum atomic E-state index is -5.36. The van der Waals surface area contributed by atoms with E-state index < -0.39 is 38.5 Å². The normalized spacial score (nSPS) is 12.9. The number of nitrogens with zero attached hydrogens (tertiary/aromatic N) is 1. The number of halogens is 6. The molecule has 0 bridgehead atoms. The van der Waals surface area contributed by atoms with Gasteiger partial charge in [0.15, 0.2) is 5.75 Å². The summed E-state index contributed by atoms with van der Waals surface area (Å²) in [6.45, 7) is 0. The van der Waals surface area contributed by atoms with Crippen LogP contribution in [0.1, 0.15) is 11.1 Å². The molecule has 0 saturated heterocycles. The molecule has 3 rings (SSSR count). The summed E-state index contributed by atoms with van der Waals surface area (Å²) in [5, 5.41) is 0.457. The number of benzene rings is 2. The van der Waals surface area contributed by atoms with Crippen molar-refractivity contribution in [2.45, 2.75) is 17.2 Å². The minimum absolute atomic E-state index is 0.0639. The molecule has 2 aromatic carbocycles. The van der Waals surface area contributed by atoms with Crippen molar-refractivity contribution in [1.82, 2.24) is 4.98 Å². The molecule has 0 atom stereocenters. The number of aromatic nitrogens is 1. The van der Waals surface area contributed by atoms with Crippen molar-refractivity contribution in [3.63, 3.8) is 0 Å². The summed E-state index contributed by atoms with van der Waals surface area (Å²) in [6, 6.07) is 7.46. The molecule has 1 aromatic heterocycles. The van der Waals surface area contributed by atoms with Crippen molar-refractivity contribution in [3.05, 3.63) is 65.9 Å². The van der Waals surface area contributed by atoms with Gasteiger partial charge in [-0.05, 0) is 30.3 Å². The summed E-state index contributed by atoms with van der Waals surface area (Å²) in [6.07, 6.45) is -9.12. The number of alkyl halides is 6. The molecule has 4 nitrogen and oxygen atoms in total. The number of hydrogen-bond donors (Lipinski definition) is 0. The van der Waals surface area contributed by atoms with Gasteiger partial charge in [0.25, 0.3) is 0 Å². The third-order valence-electron chi connectivity index (χ3n) is 3.68. The van der Waals surface area contributed by atoms with Crippen molar-refractivity contribution >= 4 is 21.0 Å². The van der Waals surface area contributed by atoms with Crippen LogP contribution in [0.3, 0.4) is 0 Å². The fourth-order valence-electron chi connectivity index (χ4n) is 2.45. The second-order valence-electron chi connectivity index (χ2n) is 5.58. The van der Waals surface area contributed by atoms with Crippen LogP contribution in [0.15, 0.2) is 59.6 Å². The Morgan fingerprint density at radius 1 is 0.857 bits per heavy atom. The van der Waals surface area contributed by atoms with E-state index >= 15 is 0 Å². The van der Waals surface area contributed by atoms with Gasteiger partial charge in [0.2, 0.25) is 0 Å². The Morgan fingerprint density at radius 3 is 2.18 bits per heavy atom. The van der Waals surface area contributed by atoms with Gasteiger partial charge in [0.1, 0.15) is 10.4 Å². The van der Waals surface area contributed by atoms with Crippen molar-refractivity contribution < 1.29 is 38.9 Å². The Morgan fingerprint density at radius 2 is 1.54 bits per heavy atom. The highest BCUT2D eigenvalue weighted by atomic mass is 32.2. The molecule has 0 spiro atoms. The van der Waals surface area contributed by atoms with Crippen LogP contribution in [0.4, 0.5) is 26.3 Å². The van der Waals surface area contributed by atoms with E-state index in [1.165, 1.54) is 18.3 Å². The Balaban J connectivity index is 2.13. The molecule has 0 radical (unpaired) electrons. The maximum absolute atomic E-state index is 13.2. The Hall–Kier alpha value is -2.82. The van der Waals surface area contributed by atoms with Crippen LogP contribution in [-0.2, 0) is 22.5 Å². The lowest BCUT2D eigenvalue weighted by Crippen LogP contribution is -2.19. The van der Waals surface area contributed by atoms with Gasteiger partial charge in [-0.15, -0.1) is 0 Å². The number of rotatable bonds is 3. The molecule has 1 heterocycles. The van der Waals surface area contributed by atoms with Gasteiger partial charge < -0.3 is 4.18 Å². The molecule has 148 valence electrons. The van der Waals surface area contributed by atoms with E-state index in [1.807, 2.05) is 0 Å². The van der Waals surface area contributed by atoms with Crippen molar-refractivity contribution in [2.24, 2.45) is 0 Å². The van der Waals surface area contributed by atoms with Gasteiger partial charge in [0, 0.05) is 11.6 Å². The van der Waals surface area contributed by atoms with E-state index in [0.717, 1.165) is 0 Å². The average molecular weight is 421 g/mol. The molecule has 28 heavy (non-hydrogen) atoms. The lowest BCUT2D eigenvalue weighted by atomic mass is 10.1. The summed E-state index contributed by atoms with van der Waals surface area (Å²) in [7, 11) is -5.11. The van der Waals surface area contributed by atoms with Crippen LogP contribution >= 0.6 is 0 Å². The molecule has 0 aliphatic carbocycles. The van der Waals surface area contributed by atoms with E-state index in [0.29, 0.717) is 5.39 Å². The maximum Gasteiger partial charge on any atom is 0.417 e. The lowest BCUT2D eigenvalue weighted by molar-refractivity contribution is -0.144. The predicted octanol–water partition coefficient (Wildman–Crippen LogP) is 5.04. The molecule has 0 N–H and O–H groups in total. The zero-order valence-electron chi connectivity index (χ0n) is 13.5.